The Morgan fingerprint density at radius 3 is 3.00 bits per heavy atom. The molecule has 0 aliphatic carbocycles. The number of nitrogens with zero attached hydrogens (tertiary/aromatic N) is 1. The second-order valence-corrected chi connectivity index (χ2v) is 4.22. The molecule has 0 fully saturated rings. The number of fused-ring (bicyclic) bond motifs is 3. The molecule has 0 saturated carbocycles. The highest BCUT2D eigenvalue weighted by molar-refractivity contribution is 6.10. The molecule has 0 saturated heterocycles. The van der Waals surface area contributed by atoms with E-state index in [1.54, 1.807) is 0 Å². The molecular weight excluding hydrogens is 200 g/mol. The minimum absolute atomic E-state index is 0.0619. The summed E-state index contributed by atoms with van der Waals surface area (Å²) in [5, 5.41) is 1.06. The van der Waals surface area contributed by atoms with Crippen LogP contribution in [-0.2, 0) is 13.0 Å². The van der Waals surface area contributed by atoms with Gasteiger partial charge >= 0.3 is 0 Å². The number of aromatic nitrogens is 1. The number of hydrogen-bond donors (Lipinski definition) is 1. The molecule has 16 heavy (non-hydrogen) atoms. The van der Waals surface area contributed by atoms with E-state index in [-0.39, 0.29) is 12.3 Å². The van der Waals surface area contributed by atoms with Gasteiger partial charge in [0, 0.05) is 28.7 Å². The third-order valence-electron chi connectivity index (χ3n) is 3.34. The lowest BCUT2D eigenvalue weighted by Gasteiger charge is -1.98. The minimum Gasteiger partial charge on any atom is -0.344 e. The third-order valence-corrected chi connectivity index (χ3v) is 3.34. The summed E-state index contributed by atoms with van der Waals surface area (Å²) in [6, 6.07) is 8.09. The highest BCUT2D eigenvalue weighted by atomic mass is 16.1. The van der Waals surface area contributed by atoms with Crippen LogP contribution in [0.1, 0.15) is 22.5 Å². The van der Waals surface area contributed by atoms with Crippen LogP contribution in [0.2, 0.25) is 0 Å². The Morgan fingerprint density at radius 1 is 1.38 bits per heavy atom. The summed E-state index contributed by atoms with van der Waals surface area (Å²) in [4.78, 5) is 11.9. The quantitative estimate of drug-likeness (QED) is 0.774. The second kappa shape index (κ2) is 3.46. The Labute approximate surface area is 93.9 Å². The number of Topliss-reactive ketones (excluding diaryl/α,β-unsaturated/α-hetero) is 1. The van der Waals surface area contributed by atoms with E-state index < -0.39 is 0 Å². The summed E-state index contributed by atoms with van der Waals surface area (Å²) < 4.78 is 2.26. The van der Waals surface area contributed by atoms with Gasteiger partial charge in [-0.2, -0.15) is 0 Å². The smallest absolute Gasteiger partial charge is 0.178 e. The van der Waals surface area contributed by atoms with Crippen LogP contribution in [0.25, 0.3) is 10.9 Å². The van der Waals surface area contributed by atoms with Crippen molar-refractivity contribution in [2.75, 3.05) is 6.54 Å². The lowest BCUT2D eigenvalue weighted by Crippen LogP contribution is -2.14. The molecule has 82 valence electrons. The van der Waals surface area contributed by atoms with Gasteiger partial charge in [-0.1, -0.05) is 18.2 Å². The number of hydrogen-bond acceptors (Lipinski definition) is 2. The van der Waals surface area contributed by atoms with E-state index in [0.29, 0.717) is 0 Å². The molecule has 2 heterocycles. The molecule has 1 aromatic heterocycles. The van der Waals surface area contributed by atoms with Crippen molar-refractivity contribution in [2.45, 2.75) is 19.4 Å². The highest BCUT2D eigenvalue weighted by Gasteiger charge is 2.23. The molecule has 2 N–H and O–H groups in total. The lowest BCUT2D eigenvalue weighted by atomic mass is 10.0. The first-order chi connectivity index (χ1) is 7.83. The number of carbonyl (C=O) groups is 1. The molecule has 0 spiro atoms. The Bertz CT molecular complexity index is 569. The number of rotatable bonds is 2. The fraction of sp³-hybridized carbons (Fsp3) is 0.308. The van der Waals surface area contributed by atoms with Crippen molar-refractivity contribution in [3.63, 3.8) is 0 Å². The van der Waals surface area contributed by atoms with E-state index in [0.717, 1.165) is 30.3 Å². The fourth-order valence-electron chi connectivity index (χ4n) is 2.69. The Balaban J connectivity index is 2.37. The Hall–Kier alpha value is -1.61. The van der Waals surface area contributed by atoms with Crippen LogP contribution in [0.4, 0.5) is 0 Å². The average molecular weight is 214 g/mol. The normalized spacial score (nSPS) is 14.3. The number of aryl methyl sites for hydroxylation is 1. The van der Waals surface area contributed by atoms with Crippen molar-refractivity contribution in [1.29, 1.82) is 0 Å². The van der Waals surface area contributed by atoms with Gasteiger partial charge in [-0.25, -0.2) is 0 Å². The maximum Gasteiger partial charge on any atom is 0.178 e. The molecule has 0 radical (unpaired) electrons. The summed E-state index contributed by atoms with van der Waals surface area (Å²) in [6.07, 6.45) is 2.13. The first kappa shape index (κ1) is 9.60. The van der Waals surface area contributed by atoms with Crippen LogP contribution in [0.5, 0.6) is 0 Å². The predicted molar refractivity (Wildman–Crippen MR) is 63.6 cm³/mol. The monoisotopic (exact) mass is 214 g/mol. The molecule has 1 aliphatic rings. The molecular formula is C13H14N2O. The number of benzene rings is 1. The largest absolute Gasteiger partial charge is 0.344 e. The van der Waals surface area contributed by atoms with Crippen LogP contribution in [0.3, 0.4) is 0 Å². The van der Waals surface area contributed by atoms with E-state index in [1.165, 1.54) is 11.2 Å². The van der Waals surface area contributed by atoms with E-state index in [2.05, 4.69) is 10.6 Å². The van der Waals surface area contributed by atoms with Crippen molar-refractivity contribution in [2.24, 2.45) is 5.73 Å². The zero-order valence-corrected chi connectivity index (χ0v) is 9.07. The molecule has 0 atom stereocenters. The second-order valence-electron chi connectivity index (χ2n) is 4.22. The molecule has 0 amide bonds. The van der Waals surface area contributed by atoms with Gasteiger partial charge in [0.05, 0.1) is 6.54 Å². The number of carbonyl (C=O) groups excluding carboxylic acids is 1. The van der Waals surface area contributed by atoms with E-state index in [4.69, 9.17) is 5.73 Å². The molecule has 1 aromatic carbocycles. The molecule has 3 heteroatoms. The van der Waals surface area contributed by atoms with Crippen molar-refractivity contribution < 1.29 is 4.79 Å². The topological polar surface area (TPSA) is 48.0 Å². The van der Waals surface area contributed by atoms with E-state index in [1.807, 2.05) is 18.2 Å². The van der Waals surface area contributed by atoms with Gasteiger partial charge in [0.2, 0.25) is 0 Å². The van der Waals surface area contributed by atoms with Crippen LogP contribution in [-0.4, -0.2) is 16.9 Å². The fourth-order valence-corrected chi connectivity index (χ4v) is 2.69. The van der Waals surface area contributed by atoms with E-state index in [9.17, 15) is 4.79 Å². The van der Waals surface area contributed by atoms with Crippen molar-refractivity contribution >= 4 is 16.7 Å². The number of ketones is 1. The van der Waals surface area contributed by atoms with Crippen molar-refractivity contribution in [3.8, 4) is 0 Å². The molecule has 2 aromatic rings. The summed E-state index contributed by atoms with van der Waals surface area (Å²) in [5.74, 6) is 0.0619. The number of nitrogens with two attached hydrogens (primary N) is 1. The average Bonchev–Trinajstić information content (AvgIpc) is 2.87. The van der Waals surface area contributed by atoms with Crippen LogP contribution < -0.4 is 5.73 Å². The molecule has 1 aliphatic heterocycles. The van der Waals surface area contributed by atoms with Gasteiger partial charge in [0.15, 0.2) is 5.78 Å². The molecule has 3 rings (SSSR count). The van der Waals surface area contributed by atoms with Crippen LogP contribution in [0, 0.1) is 0 Å². The standard InChI is InChI=1S/C13H14N2O/c14-8-12(16)13-9-4-1-2-5-10(9)15-7-3-6-11(13)15/h1-2,4-5H,3,6-8,14H2. The van der Waals surface area contributed by atoms with Crippen LogP contribution >= 0.6 is 0 Å². The van der Waals surface area contributed by atoms with Crippen molar-refractivity contribution in [3.05, 3.63) is 35.5 Å². The maximum atomic E-state index is 11.9. The maximum absolute atomic E-state index is 11.9. The first-order valence-electron chi connectivity index (χ1n) is 5.66. The lowest BCUT2D eigenvalue weighted by molar-refractivity contribution is 0.100. The summed E-state index contributed by atoms with van der Waals surface area (Å²) in [5.41, 5.74) is 8.70. The summed E-state index contributed by atoms with van der Waals surface area (Å²) >= 11 is 0. The van der Waals surface area contributed by atoms with Gasteiger partial charge < -0.3 is 10.3 Å². The summed E-state index contributed by atoms with van der Waals surface area (Å²) in [7, 11) is 0. The van der Waals surface area contributed by atoms with Gasteiger partial charge in [0.1, 0.15) is 0 Å². The van der Waals surface area contributed by atoms with E-state index >= 15 is 0 Å². The zero-order valence-electron chi connectivity index (χ0n) is 9.07. The zero-order chi connectivity index (χ0) is 11.1. The molecule has 3 nitrogen and oxygen atoms in total. The SMILES string of the molecule is NCC(=O)c1c2n(c3ccccc13)CCC2. The first-order valence-corrected chi connectivity index (χ1v) is 5.66. The van der Waals surface area contributed by atoms with Crippen molar-refractivity contribution in [1.82, 2.24) is 4.57 Å². The van der Waals surface area contributed by atoms with Gasteiger partial charge in [-0.05, 0) is 18.9 Å². The molecule has 0 bridgehead atoms. The summed E-state index contributed by atoms with van der Waals surface area (Å²) in [6.45, 7) is 1.12. The van der Waals surface area contributed by atoms with Gasteiger partial charge in [0.25, 0.3) is 0 Å². The Morgan fingerprint density at radius 2 is 2.19 bits per heavy atom. The molecule has 0 unspecified atom stereocenters. The predicted octanol–water partition coefficient (Wildman–Crippen LogP) is 1.73. The van der Waals surface area contributed by atoms with Gasteiger partial charge in [-0.15, -0.1) is 0 Å². The number of para-hydroxylation sites is 1. The van der Waals surface area contributed by atoms with Crippen LogP contribution in [0.15, 0.2) is 24.3 Å². The highest BCUT2D eigenvalue weighted by Crippen LogP contribution is 2.31. The minimum atomic E-state index is 0.0619. The van der Waals surface area contributed by atoms with Gasteiger partial charge in [-0.3, -0.25) is 4.79 Å². The third kappa shape index (κ3) is 1.15. The Kier molecular flexibility index (Phi) is 2.07.